The van der Waals surface area contributed by atoms with E-state index in [4.69, 9.17) is 0 Å². The number of rotatable bonds is 5. The lowest BCUT2D eigenvalue weighted by Crippen LogP contribution is -2.53. The van der Waals surface area contributed by atoms with Crippen LogP contribution in [-0.4, -0.2) is 53.3 Å². The van der Waals surface area contributed by atoms with Crippen molar-refractivity contribution < 1.29 is 18.3 Å². The summed E-state index contributed by atoms with van der Waals surface area (Å²) < 4.78 is 28.6. The zero-order valence-corrected chi connectivity index (χ0v) is 18.7. The highest BCUT2D eigenvalue weighted by Crippen LogP contribution is 2.50. The van der Waals surface area contributed by atoms with Gasteiger partial charge in [0.1, 0.15) is 6.04 Å². The number of carbonyl (C=O) groups excluding carboxylic acids is 1. The number of nitrogens with one attached hydrogen (secondary N) is 1. The maximum atomic E-state index is 13.3. The molecular formula is C23H27N3O5S. The number of hydrogen-bond acceptors (Lipinski definition) is 5. The highest BCUT2D eigenvalue weighted by atomic mass is 32.2. The molecule has 3 heterocycles. The number of benzene rings is 1. The Morgan fingerprint density at radius 2 is 1.88 bits per heavy atom. The van der Waals surface area contributed by atoms with Crippen LogP contribution in [-0.2, 0) is 21.4 Å². The third kappa shape index (κ3) is 3.30. The van der Waals surface area contributed by atoms with Crippen molar-refractivity contribution >= 4 is 15.9 Å². The molecule has 170 valence electrons. The van der Waals surface area contributed by atoms with E-state index in [9.17, 15) is 23.1 Å². The fraction of sp³-hybridized carbons (Fsp3) is 0.478. The Labute approximate surface area is 186 Å². The second-order valence-corrected chi connectivity index (χ2v) is 11.0. The van der Waals surface area contributed by atoms with Gasteiger partial charge in [-0.05, 0) is 37.0 Å². The minimum absolute atomic E-state index is 0.0621. The number of aliphatic hydroxyl groups excluding tert-OH is 1. The van der Waals surface area contributed by atoms with Crippen molar-refractivity contribution in [1.29, 1.82) is 0 Å². The summed E-state index contributed by atoms with van der Waals surface area (Å²) in [5, 5.41) is 13.2. The number of aromatic nitrogens is 1. The number of hydrogen-bond donors (Lipinski definition) is 2. The largest absolute Gasteiger partial charge is 0.396 e. The maximum absolute atomic E-state index is 13.3. The fourth-order valence-corrected chi connectivity index (χ4v) is 6.83. The average molecular weight is 458 g/mol. The van der Waals surface area contributed by atoms with Gasteiger partial charge in [-0.1, -0.05) is 30.3 Å². The maximum Gasteiger partial charge on any atom is 0.258 e. The number of sulfonamides is 1. The van der Waals surface area contributed by atoms with Gasteiger partial charge in [0.25, 0.3) is 5.56 Å². The van der Waals surface area contributed by atoms with Crippen LogP contribution < -0.4 is 10.9 Å². The lowest BCUT2D eigenvalue weighted by molar-refractivity contribution is -0.127. The van der Waals surface area contributed by atoms with E-state index in [-0.39, 0.29) is 36.6 Å². The van der Waals surface area contributed by atoms with Crippen molar-refractivity contribution in [2.75, 3.05) is 12.9 Å². The molecule has 5 rings (SSSR count). The predicted molar refractivity (Wildman–Crippen MR) is 119 cm³/mol. The molecule has 2 aromatic rings. The van der Waals surface area contributed by atoms with E-state index < -0.39 is 28.0 Å². The Balaban J connectivity index is 1.58. The van der Waals surface area contributed by atoms with Crippen molar-refractivity contribution in [2.45, 2.75) is 43.9 Å². The van der Waals surface area contributed by atoms with Crippen LogP contribution in [0.2, 0.25) is 0 Å². The Hall–Kier alpha value is -2.49. The predicted octanol–water partition coefficient (Wildman–Crippen LogP) is 1.11. The molecule has 32 heavy (non-hydrogen) atoms. The van der Waals surface area contributed by atoms with Gasteiger partial charge < -0.3 is 15.0 Å². The summed E-state index contributed by atoms with van der Waals surface area (Å²) >= 11 is 0. The van der Waals surface area contributed by atoms with Crippen LogP contribution in [0.1, 0.15) is 31.0 Å². The normalized spacial score (nSPS) is 27.6. The van der Waals surface area contributed by atoms with E-state index in [2.05, 4.69) is 5.32 Å². The first-order chi connectivity index (χ1) is 15.3. The molecule has 1 aromatic heterocycles. The molecule has 1 saturated carbocycles. The van der Waals surface area contributed by atoms with Crippen molar-refractivity contribution in [1.82, 2.24) is 14.2 Å². The number of amides is 1. The van der Waals surface area contributed by atoms with E-state index in [1.54, 1.807) is 16.7 Å². The molecule has 0 unspecified atom stereocenters. The van der Waals surface area contributed by atoms with Crippen molar-refractivity contribution in [3.63, 3.8) is 0 Å². The van der Waals surface area contributed by atoms with Gasteiger partial charge in [-0.25, -0.2) is 8.42 Å². The molecule has 2 N–H and O–H groups in total. The third-order valence-electron chi connectivity index (χ3n) is 7.21. The summed E-state index contributed by atoms with van der Waals surface area (Å²) in [5.74, 6) is -1.30. The molecule has 2 fully saturated rings. The minimum atomic E-state index is -3.79. The summed E-state index contributed by atoms with van der Waals surface area (Å²) in [7, 11) is -3.79. The molecule has 2 aliphatic heterocycles. The fourth-order valence-electron chi connectivity index (χ4n) is 5.49. The first kappa shape index (κ1) is 21.4. The second kappa shape index (κ2) is 7.83. The summed E-state index contributed by atoms with van der Waals surface area (Å²) in [5.41, 5.74) is 1.72. The molecule has 0 bridgehead atoms. The lowest BCUT2D eigenvalue weighted by Gasteiger charge is -2.32. The van der Waals surface area contributed by atoms with Crippen LogP contribution in [0.15, 0.2) is 47.3 Å². The molecule has 0 radical (unpaired) electrons. The summed E-state index contributed by atoms with van der Waals surface area (Å²) in [6.07, 6.45) is 3.90. The van der Waals surface area contributed by atoms with Crippen LogP contribution in [0.5, 0.6) is 0 Å². The Bertz CT molecular complexity index is 1210. The van der Waals surface area contributed by atoms with E-state index in [1.165, 1.54) is 4.31 Å². The van der Waals surface area contributed by atoms with E-state index in [0.29, 0.717) is 11.3 Å². The second-order valence-electron chi connectivity index (χ2n) is 9.08. The molecule has 8 nitrogen and oxygen atoms in total. The number of carbonyl (C=O) groups is 1. The van der Waals surface area contributed by atoms with Gasteiger partial charge in [0.15, 0.2) is 0 Å². The van der Waals surface area contributed by atoms with Gasteiger partial charge in [-0.15, -0.1) is 0 Å². The molecule has 1 amide bonds. The molecular weight excluding hydrogens is 430 g/mol. The van der Waals surface area contributed by atoms with E-state index in [1.807, 2.05) is 30.3 Å². The molecule has 3 aliphatic rings. The van der Waals surface area contributed by atoms with Crippen LogP contribution in [0.4, 0.5) is 0 Å². The number of pyridine rings is 1. The smallest absolute Gasteiger partial charge is 0.258 e. The first-order valence-electron chi connectivity index (χ1n) is 11.0. The van der Waals surface area contributed by atoms with Crippen LogP contribution in [0, 0.1) is 11.8 Å². The summed E-state index contributed by atoms with van der Waals surface area (Å²) in [6, 6.07) is 11.3. The van der Waals surface area contributed by atoms with E-state index in [0.717, 1.165) is 31.1 Å². The highest BCUT2D eigenvalue weighted by Gasteiger charge is 2.59. The van der Waals surface area contributed by atoms with Gasteiger partial charge in [0.05, 0.1) is 12.3 Å². The SMILES string of the molecule is CS(=O)(=O)N1[C@@H]2c3ccc(-c4ccccc4)c(=O)n3C[C@@H]2[C@@H](CO)[C@@H]1C(=O)NC1CCC1. The molecule has 4 atom stereocenters. The van der Waals surface area contributed by atoms with Gasteiger partial charge in [-0.3, -0.25) is 9.59 Å². The summed E-state index contributed by atoms with van der Waals surface area (Å²) in [6.45, 7) is -0.0613. The highest BCUT2D eigenvalue weighted by molar-refractivity contribution is 7.88. The Morgan fingerprint density at radius 1 is 1.16 bits per heavy atom. The molecule has 0 spiro atoms. The van der Waals surface area contributed by atoms with Gasteiger partial charge in [-0.2, -0.15) is 4.31 Å². The minimum Gasteiger partial charge on any atom is -0.396 e. The molecule has 9 heteroatoms. The van der Waals surface area contributed by atoms with Crippen molar-refractivity contribution in [3.8, 4) is 11.1 Å². The Morgan fingerprint density at radius 3 is 2.47 bits per heavy atom. The van der Waals surface area contributed by atoms with Gasteiger partial charge in [0.2, 0.25) is 15.9 Å². The number of nitrogens with zero attached hydrogens (tertiary/aromatic N) is 2. The zero-order chi connectivity index (χ0) is 22.6. The van der Waals surface area contributed by atoms with Crippen molar-refractivity contribution in [2.24, 2.45) is 11.8 Å². The zero-order valence-electron chi connectivity index (χ0n) is 17.8. The number of aliphatic hydroxyl groups is 1. The average Bonchev–Trinajstić information content (AvgIpc) is 3.26. The molecule has 1 aromatic carbocycles. The first-order valence-corrected chi connectivity index (χ1v) is 12.8. The standard InChI is InChI=1S/C23H27N3O5S/c1-32(30,31)26-20-17(18(13-27)21(26)22(28)24-15-8-5-9-15)12-25-19(20)11-10-16(23(25)29)14-6-3-2-4-7-14/h2-4,6-7,10-11,15,17-18,20-21,27H,5,8-9,12-13H2,1H3,(H,24,28)/t17-,18-,20+,21-/m1/s1. The van der Waals surface area contributed by atoms with Crippen LogP contribution in [0.25, 0.3) is 11.1 Å². The molecule has 1 aliphatic carbocycles. The Kier molecular flexibility index (Phi) is 5.22. The van der Waals surface area contributed by atoms with Gasteiger partial charge in [0, 0.05) is 42.3 Å². The van der Waals surface area contributed by atoms with E-state index >= 15 is 0 Å². The van der Waals surface area contributed by atoms with Gasteiger partial charge >= 0.3 is 0 Å². The number of fused-ring (bicyclic) bond motifs is 3. The van der Waals surface area contributed by atoms with Crippen LogP contribution in [0.3, 0.4) is 0 Å². The summed E-state index contributed by atoms with van der Waals surface area (Å²) in [4.78, 5) is 26.4. The lowest BCUT2D eigenvalue weighted by atomic mass is 9.87. The van der Waals surface area contributed by atoms with Crippen molar-refractivity contribution in [3.05, 3.63) is 58.5 Å². The monoisotopic (exact) mass is 457 g/mol. The quantitative estimate of drug-likeness (QED) is 0.699. The third-order valence-corrected chi connectivity index (χ3v) is 8.43. The molecule has 1 saturated heterocycles. The van der Waals surface area contributed by atoms with Crippen LogP contribution >= 0.6 is 0 Å². The topological polar surface area (TPSA) is 109 Å².